The Hall–Kier alpha value is -3.90. The number of hydrogen-bond acceptors (Lipinski definition) is 3. The zero-order valence-corrected chi connectivity index (χ0v) is 19.9. The largest absolute Gasteiger partial charge is 0.361 e. The monoisotopic (exact) mass is 463 g/mol. The van der Waals surface area contributed by atoms with Gasteiger partial charge in [0.1, 0.15) is 5.65 Å². The summed E-state index contributed by atoms with van der Waals surface area (Å²) < 4.78 is 0. The molecule has 3 aromatic heterocycles. The zero-order chi connectivity index (χ0) is 23.8. The lowest BCUT2D eigenvalue weighted by molar-refractivity contribution is -0.132. The average molecular weight is 464 g/mol. The minimum Gasteiger partial charge on any atom is -0.361 e. The fourth-order valence-electron chi connectivity index (χ4n) is 5.06. The van der Waals surface area contributed by atoms with Gasteiger partial charge in [0.25, 0.3) is 0 Å². The Bertz CT molecular complexity index is 1490. The molecule has 1 fully saturated rings. The van der Waals surface area contributed by atoms with Gasteiger partial charge in [-0.25, -0.2) is 4.98 Å². The number of fused-ring (bicyclic) bond motifs is 2. The molecule has 35 heavy (non-hydrogen) atoms. The van der Waals surface area contributed by atoms with Crippen LogP contribution < -0.4 is 0 Å². The average Bonchev–Trinajstić information content (AvgIpc) is 3.55. The second-order valence-corrected chi connectivity index (χ2v) is 9.31. The molecule has 0 spiro atoms. The van der Waals surface area contributed by atoms with Crippen LogP contribution in [-0.2, 0) is 11.3 Å². The van der Waals surface area contributed by atoms with Crippen molar-refractivity contribution >= 4 is 27.8 Å². The molecular weight excluding hydrogens is 434 g/mol. The quantitative estimate of drug-likeness (QED) is 0.365. The third-order valence-electron chi connectivity index (χ3n) is 7.12. The van der Waals surface area contributed by atoms with E-state index in [0.717, 1.165) is 66.0 Å². The maximum Gasteiger partial charge on any atom is 0.222 e. The zero-order valence-electron chi connectivity index (χ0n) is 19.9. The summed E-state index contributed by atoms with van der Waals surface area (Å²) in [6, 6.07) is 19.6. The summed E-state index contributed by atoms with van der Waals surface area (Å²) in [5.41, 5.74) is 7.95. The van der Waals surface area contributed by atoms with Crippen molar-refractivity contribution in [2.75, 3.05) is 26.2 Å². The van der Waals surface area contributed by atoms with E-state index < -0.39 is 0 Å². The summed E-state index contributed by atoms with van der Waals surface area (Å²) in [5, 5.41) is 2.33. The van der Waals surface area contributed by atoms with Crippen LogP contribution in [0.4, 0.5) is 0 Å². The van der Waals surface area contributed by atoms with Gasteiger partial charge in [-0.3, -0.25) is 9.69 Å². The molecule has 1 saturated heterocycles. The Morgan fingerprint density at radius 2 is 1.71 bits per heavy atom. The van der Waals surface area contributed by atoms with Gasteiger partial charge in [-0.1, -0.05) is 37.3 Å². The highest BCUT2D eigenvalue weighted by Crippen LogP contribution is 2.32. The van der Waals surface area contributed by atoms with Crippen LogP contribution in [0.3, 0.4) is 0 Å². The molecule has 5 aromatic rings. The van der Waals surface area contributed by atoms with Crippen molar-refractivity contribution in [1.29, 1.82) is 0 Å². The minimum absolute atomic E-state index is 0.259. The smallest absolute Gasteiger partial charge is 0.222 e. The molecular formula is C29H29N5O. The number of hydrogen-bond donors (Lipinski definition) is 2. The van der Waals surface area contributed by atoms with Crippen molar-refractivity contribution in [2.45, 2.75) is 19.9 Å². The molecule has 0 saturated carbocycles. The first-order chi connectivity index (χ1) is 17.2. The number of benzene rings is 2. The van der Waals surface area contributed by atoms with Gasteiger partial charge in [-0.2, -0.15) is 0 Å². The van der Waals surface area contributed by atoms with E-state index in [4.69, 9.17) is 4.98 Å². The van der Waals surface area contributed by atoms with E-state index in [1.54, 1.807) is 0 Å². The maximum absolute atomic E-state index is 11.9. The number of carbonyl (C=O) groups excluding carboxylic acids is 1. The highest BCUT2D eigenvalue weighted by atomic mass is 16.2. The molecule has 6 nitrogen and oxygen atoms in total. The molecule has 6 heteroatoms. The standard InChI is InChI=1S/C29H29N5O/c1-2-28(35)34-13-11-33(12-14-34)19-20-3-5-21(6-4-20)24-16-25-26(18-32-29(25)31-17-24)22-7-8-27-23(15-22)9-10-30-27/h3-10,15-18,30H,2,11-14,19H2,1H3,(H,31,32). The molecule has 1 aliphatic rings. The molecule has 2 N–H and O–H groups in total. The number of carbonyl (C=O) groups is 1. The van der Waals surface area contributed by atoms with Crippen LogP contribution in [0.5, 0.6) is 0 Å². The lowest BCUT2D eigenvalue weighted by Gasteiger charge is -2.34. The van der Waals surface area contributed by atoms with E-state index in [-0.39, 0.29) is 5.91 Å². The SMILES string of the molecule is CCC(=O)N1CCN(Cc2ccc(-c3cnc4[nH]cc(-c5ccc6[nH]ccc6c5)c4c3)cc2)CC1. The number of aromatic amines is 2. The lowest BCUT2D eigenvalue weighted by atomic mass is 10.0. The number of H-pyrrole nitrogens is 2. The minimum atomic E-state index is 0.259. The van der Waals surface area contributed by atoms with Crippen molar-refractivity contribution in [3.05, 3.63) is 78.8 Å². The fraction of sp³-hybridized carbons (Fsp3) is 0.241. The van der Waals surface area contributed by atoms with Crippen LogP contribution >= 0.6 is 0 Å². The summed E-state index contributed by atoms with van der Waals surface area (Å²) in [6.07, 6.45) is 6.55. The summed E-state index contributed by atoms with van der Waals surface area (Å²) in [6.45, 7) is 6.36. The predicted molar refractivity (Wildman–Crippen MR) is 141 cm³/mol. The predicted octanol–water partition coefficient (Wildman–Crippen LogP) is 5.43. The third kappa shape index (κ3) is 4.21. The van der Waals surface area contributed by atoms with Crippen LogP contribution in [-0.4, -0.2) is 56.8 Å². The lowest BCUT2D eigenvalue weighted by Crippen LogP contribution is -2.48. The number of nitrogens with zero attached hydrogens (tertiary/aromatic N) is 3. The molecule has 0 bridgehead atoms. The number of amides is 1. The van der Waals surface area contributed by atoms with E-state index in [1.165, 1.54) is 16.5 Å². The first kappa shape index (κ1) is 21.6. The number of aromatic nitrogens is 3. The molecule has 1 amide bonds. The topological polar surface area (TPSA) is 68.0 Å². The van der Waals surface area contributed by atoms with Crippen LogP contribution in [0.1, 0.15) is 18.9 Å². The second-order valence-electron chi connectivity index (χ2n) is 9.31. The number of pyridine rings is 1. The molecule has 0 radical (unpaired) electrons. The summed E-state index contributed by atoms with van der Waals surface area (Å²) in [4.78, 5) is 27.6. The van der Waals surface area contributed by atoms with Gasteiger partial charge in [-0.15, -0.1) is 0 Å². The molecule has 4 heterocycles. The molecule has 0 atom stereocenters. The van der Waals surface area contributed by atoms with Gasteiger partial charge in [-0.05, 0) is 46.3 Å². The highest BCUT2D eigenvalue weighted by molar-refractivity contribution is 5.98. The number of nitrogens with one attached hydrogen (secondary N) is 2. The molecule has 176 valence electrons. The maximum atomic E-state index is 11.9. The summed E-state index contributed by atoms with van der Waals surface area (Å²) in [5.74, 6) is 0.259. The summed E-state index contributed by atoms with van der Waals surface area (Å²) >= 11 is 0. The first-order valence-electron chi connectivity index (χ1n) is 12.3. The van der Waals surface area contributed by atoms with E-state index in [0.29, 0.717) is 6.42 Å². The van der Waals surface area contributed by atoms with Crippen molar-refractivity contribution in [1.82, 2.24) is 24.8 Å². The van der Waals surface area contributed by atoms with Crippen LogP contribution in [0.25, 0.3) is 44.2 Å². The summed E-state index contributed by atoms with van der Waals surface area (Å²) in [7, 11) is 0. The van der Waals surface area contributed by atoms with Gasteiger partial charge in [0.05, 0.1) is 0 Å². The van der Waals surface area contributed by atoms with Crippen molar-refractivity contribution in [3.8, 4) is 22.3 Å². The number of rotatable bonds is 5. The van der Waals surface area contributed by atoms with Crippen LogP contribution in [0.2, 0.25) is 0 Å². The molecule has 0 unspecified atom stereocenters. The Morgan fingerprint density at radius 1 is 0.914 bits per heavy atom. The van der Waals surface area contributed by atoms with Crippen LogP contribution in [0, 0.1) is 0 Å². The van der Waals surface area contributed by atoms with Gasteiger partial charge < -0.3 is 14.9 Å². The van der Waals surface area contributed by atoms with E-state index >= 15 is 0 Å². The van der Waals surface area contributed by atoms with Crippen molar-refractivity contribution in [3.63, 3.8) is 0 Å². The first-order valence-corrected chi connectivity index (χ1v) is 12.3. The highest BCUT2D eigenvalue weighted by Gasteiger charge is 2.20. The normalized spacial score (nSPS) is 14.7. The Kier molecular flexibility index (Phi) is 5.58. The Labute approximate surface area is 204 Å². The second kappa shape index (κ2) is 9.04. The molecule has 1 aliphatic heterocycles. The van der Waals surface area contributed by atoms with Crippen molar-refractivity contribution < 1.29 is 4.79 Å². The fourth-order valence-corrected chi connectivity index (χ4v) is 5.06. The third-order valence-corrected chi connectivity index (χ3v) is 7.12. The van der Waals surface area contributed by atoms with Gasteiger partial charge in [0, 0.05) is 79.8 Å². The Morgan fingerprint density at radius 3 is 2.51 bits per heavy atom. The van der Waals surface area contributed by atoms with E-state index in [9.17, 15) is 4.79 Å². The van der Waals surface area contributed by atoms with Gasteiger partial charge in [0.15, 0.2) is 0 Å². The van der Waals surface area contributed by atoms with E-state index in [1.807, 2.05) is 30.4 Å². The van der Waals surface area contributed by atoms with E-state index in [2.05, 4.69) is 69.5 Å². The van der Waals surface area contributed by atoms with Gasteiger partial charge >= 0.3 is 0 Å². The Balaban J connectivity index is 1.20. The molecule has 2 aromatic carbocycles. The molecule has 0 aliphatic carbocycles. The molecule has 6 rings (SSSR count). The number of piperazine rings is 1. The van der Waals surface area contributed by atoms with Crippen molar-refractivity contribution in [2.24, 2.45) is 0 Å². The van der Waals surface area contributed by atoms with Gasteiger partial charge in [0.2, 0.25) is 5.91 Å². The van der Waals surface area contributed by atoms with Crippen LogP contribution in [0.15, 0.2) is 73.2 Å².